The van der Waals surface area contributed by atoms with E-state index >= 15 is 0 Å². The van der Waals surface area contributed by atoms with Gasteiger partial charge >= 0.3 is 0 Å². The molecule has 4 N–H and O–H groups in total. The van der Waals surface area contributed by atoms with Crippen molar-refractivity contribution in [1.29, 1.82) is 0 Å². The molecule has 0 aromatic carbocycles. The molecule has 4 bridgehead atoms. The number of hydrogen-bond donors (Lipinski definition) is 3. The number of amides is 2. The Kier molecular flexibility index (Phi) is 3.09. The maximum Gasteiger partial charge on any atom is 0.243 e. The summed E-state index contributed by atoms with van der Waals surface area (Å²) >= 11 is 0. The van der Waals surface area contributed by atoms with Gasteiger partial charge in [-0.1, -0.05) is 0 Å². The average molecular weight is 306 g/mol. The number of aliphatic hydroxyl groups is 1. The van der Waals surface area contributed by atoms with Crippen LogP contribution >= 0.6 is 0 Å². The fourth-order valence-corrected chi connectivity index (χ4v) is 6.27. The van der Waals surface area contributed by atoms with Crippen molar-refractivity contribution in [1.82, 2.24) is 5.32 Å². The first kappa shape index (κ1) is 14.5. The molecule has 22 heavy (non-hydrogen) atoms. The first-order valence-corrected chi connectivity index (χ1v) is 8.67. The lowest BCUT2D eigenvalue weighted by molar-refractivity contribution is -0.143. The highest BCUT2D eigenvalue weighted by Crippen LogP contribution is 2.61. The lowest BCUT2D eigenvalue weighted by Gasteiger charge is -2.57. The van der Waals surface area contributed by atoms with Gasteiger partial charge < -0.3 is 16.2 Å². The SMILES string of the molecule is NC(=O)C1(NC(=O)CC23CC4CC(CC(C4)C2)C3)CC(O)C1. The van der Waals surface area contributed by atoms with Crippen molar-refractivity contribution in [2.75, 3.05) is 0 Å². The lowest BCUT2D eigenvalue weighted by Crippen LogP contribution is -2.66. The van der Waals surface area contributed by atoms with Crippen LogP contribution < -0.4 is 11.1 Å². The molecule has 5 rings (SSSR count). The predicted octanol–water partition coefficient (Wildman–Crippen LogP) is 1.09. The van der Waals surface area contributed by atoms with Gasteiger partial charge in [0.15, 0.2) is 0 Å². The lowest BCUT2D eigenvalue weighted by atomic mass is 9.49. The minimum absolute atomic E-state index is 0.0485. The number of primary amides is 1. The molecule has 0 aromatic heterocycles. The van der Waals surface area contributed by atoms with Crippen LogP contribution in [0.5, 0.6) is 0 Å². The zero-order valence-electron chi connectivity index (χ0n) is 13.0. The number of nitrogens with two attached hydrogens (primary N) is 1. The van der Waals surface area contributed by atoms with Gasteiger partial charge in [-0.25, -0.2) is 0 Å². The highest BCUT2D eigenvalue weighted by molar-refractivity contribution is 5.91. The topological polar surface area (TPSA) is 92.4 Å². The van der Waals surface area contributed by atoms with Crippen LogP contribution in [0.2, 0.25) is 0 Å². The van der Waals surface area contributed by atoms with Crippen molar-refractivity contribution in [2.24, 2.45) is 28.9 Å². The maximum atomic E-state index is 12.5. The normalized spacial score (nSPS) is 48.8. The summed E-state index contributed by atoms with van der Waals surface area (Å²) in [5, 5.41) is 12.4. The van der Waals surface area contributed by atoms with Crippen LogP contribution in [-0.2, 0) is 9.59 Å². The second kappa shape index (κ2) is 4.70. The number of carbonyl (C=O) groups excluding carboxylic acids is 2. The Balaban J connectivity index is 1.43. The molecule has 122 valence electrons. The third-order valence-corrected chi connectivity index (χ3v) is 6.72. The Hall–Kier alpha value is -1.10. The van der Waals surface area contributed by atoms with Gasteiger partial charge in [-0.3, -0.25) is 9.59 Å². The van der Waals surface area contributed by atoms with E-state index in [-0.39, 0.29) is 24.2 Å². The largest absolute Gasteiger partial charge is 0.393 e. The molecular weight excluding hydrogens is 280 g/mol. The van der Waals surface area contributed by atoms with Crippen LogP contribution in [0.4, 0.5) is 0 Å². The average Bonchev–Trinajstić information content (AvgIpc) is 2.33. The van der Waals surface area contributed by atoms with Crippen LogP contribution in [-0.4, -0.2) is 28.6 Å². The molecule has 0 radical (unpaired) electrons. The van der Waals surface area contributed by atoms with Crippen molar-refractivity contribution in [3.63, 3.8) is 0 Å². The molecule has 0 saturated heterocycles. The van der Waals surface area contributed by atoms with Crippen LogP contribution in [0, 0.1) is 23.2 Å². The zero-order chi connectivity index (χ0) is 15.5. The van der Waals surface area contributed by atoms with E-state index in [4.69, 9.17) is 5.73 Å². The van der Waals surface area contributed by atoms with Crippen LogP contribution in [0.3, 0.4) is 0 Å². The van der Waals surface area contributed by atoms with Gasteiger partial charge in [-0.2, -0.15) is 0 Å². The van der Waals surface area contributed by atoms with Crippen molar-refractivity contribution in [2.45, 2.75) is 69.4 Å². The molecule has 5 aliphatic rings. The molecular formula is C17H26N2O3. The molecule has 5 heteroatoms. The molecule has 2 amide bonds. The van der Waals surface area contributed by atoms with Gasteiger partial charge in [0.2, 0.25) is 11.8 Å². The molecule has 5 saturated carbocycles. The fourth-order valence-electron chi connectivity index (χ4n) is 6.27. The van der Waals surface area contributed by atoms with Gasteiger partial charge in [0, 0.05) is 19.3 Å². The summed E-state index contributed by atoms with van der Waals surface area (Å²) in [6.45, 7) is 0. The number of nitrogens with one attached hydrogen (secondary N) is 1. The Morgan fingerprint density at radius 2 is 1.50 bits per heavy atom. The summed E-state index contributed by atoms with van der Waals surface area (Å²) in [7, 11) is 0. The molecule has 0 heterocycles. The summed E-state index contributed by atoms with van der Waals surface area (Å²) < 4.78 is 0. The Bertz CT molecular complexity index is 475. The van der Waals surface area contributed by atoms with Gasteiger partial charge in [-0.15, -0.1) is 0 Å². The summed E-state index contributed by atoms with van der Waals surface area (Å²) in [5.41, 5.74) is 4.60. The summed E-state index contributed by atoms with van der Waals surface area (Å²) in [5.74, 6) is 1.88. The Morgan fingerprint density at radius 1 is 1.00 bits per heavy atom. The van der Waals surface area contributed by atoms with Crippen molar-refractivity contribution in [3.05, 3.63) is 0 Å². The molecule has 0 aromatic rings. The van der Waals surface area contributed by atoms with E-state index < -0.39 is 17.6 Å². The molecule has 5 fully saturated rings. The third-order valence-electron chi connectivity index (χ3n) is 6.72. The first-order valence-electron chi connectivity index (χ1n) is 8.67. The standard InChI is InChI=1S/C17H26N2O3/c18-15(22)17(7-13(20)8-17)19-14(21)9-16-4-10-1-11(5-16)3-12(2-10)6-16/h10-13,20H,1-9H2,(H2,18,22)(H,19,21). The molecule has 5 nitrogen and oxygen atoms in total. The highest BCUT2D eigenvalue weighted by atomic mass is 16.3. The number of carbonyl (C=O) groups is 2. The van der Waals surface area contributed by atoms with Crippen LogP contribution in [0.1, 0.15) is 57.8 Å². The highest BCUT2D eigenvalue weighted by Gasteiger charge is 2.53. The number of aliphatic hydroxyl groups excluding tert-OH is 1. The van der Waals surface area contributed by atoms with Gasteiger partial charge in [0.1, 0.15) is 5.54 Å². The van der Waals surface area contributed by atoms with E-state index in [2.05, 4.69) is 5.32 Å². The minimum atomic E-state index is -1.00. The minimum Gasteiger partial charge on any atom is -0.393 e. The monoisotopic (exact) mass is 306 g/mol. The zero-order valence-corrected chi connectivity index (χ0v) is 13.0. The molecule has 0 spiro atoms. The quantitative estimate of drug-likeness (QED) is 0.726. The van der Waals surface area contributed by atoms with Crippen LogP contribution in [0.25, 0.3) is 0 Å². The van der Waals surface area contributed by atoms with E-state index in [9.17, 15) is 14.7 Å². The van der Waals surface area contributed by atoms with Gasteiger partial charge in [-0.05, 0) is 61.7 Å². The second-order valence-electron chi connectivity index (χ2n) is 8.65. The van der Waals surface area contributed by atoms with E-state index in [0.29, 0.717) is 6.42 Å². The molecule has 5 aliphatic carbocycles. The Morgan fingerprint density at radius 3 is 1.91 bits per heavy atom. The fraction of sp³-hybridized carbons (Fsp3) is 0.882. The third kappa shape index (κ3) is 2.25. The van der Waals surface area contributed by atoms with E-state index in [1.165, 1.54) is 38.5 Å². The van der Waals surface area contributed by atoms with Crippen molar-refractivity contribution >= 4 is 11.8 Å². The van der Waals surface area contributed by atoms with E-state index in [1.807, 2.05) is 0 Å². The van der Waals surface area contributed by atoms with E-state index in [0.717, 1.165) is 17.8 Å². The van der Waals surface area contributed by atoms with Crippen LogP contribution in [0.15, 0.2) is 0 Å². The summed E-state index contributed by atoms with van der Waals surface area (Å²) in [6, 6.07) is 0. The van der Waals surface area contributed by atoms with Crippen molar-refractivity contribution in [3.8, 4) is 0 Å². The number of hydrogen-bond acceptors (Lipinski definition) is 3. The van der Waals surface area contributed by atoms with E-state index in [1.54, 1.807) is 0 Å². The van der Waals surface area contributed by atoms with Crippen molar-refractivity contribution < 1.29 is 14.7 Å². The molecule has 0 unspecified atom stereocenters. The summed E-state index contributed by atoms with van der Waals surface area (Å²) in [4.78, 5) is 24.2. The molecule has 0 atom stereocenters. The smallest absolute Gasteiger partial charge is 0.243 e. The van der Waals surface area contributed by atoms with Gasteiger partial charge in [0.25, 0.3) is 0 Å². The summed E-state index contributed by atoms with van der Waals surface area (Å²) in [6.07, 6.45) is 8.14. The maximum absolute atomic E-state index is 12.5. The molecule has 0 aliphatic heterocycles. The Labute approximate surface area is 131 Å². The second-order valence-corrected chi connectivity index (χ2v) is 8.65. The number of rotatable bonds is 4. The first-order chi connectivity index (χ1) is 10.4. The van der Waals surface area contributed by atoms with Gasteiger partial charge in [0.05, 0.1) is 6.10 Å². The predicted molar refractivity (Wildman–Crippen MR) is 80.5 cm³/mol.